The normalized spacial score (nSPS) is 12.1. The minimum absolute atomic E-state index is 0.212. The van der Waals surface area contributed by atoms with Gasteiger partial charge in [-0.1, -0.05) is 36.4 Å². The Morgan fingerprint density at radius 1 is 0.711 bits per heavy atom. The standard InChI is InChI=1S/C32H16N4O2/c1-15-12-19-26-24(31(37)35-22-10-6-4-8-17(22)21(14-33)29(19)35)16(2)13-20-27(26)25(15)32(38)36-23-11-7-5-9-18(23)28(34-3)30(20)36/h4-13H,1-2H3. The van der Waals surface area contributed by atoms with Gasteiger partial charge in [-0.25, -0.2) is 4.85 Å². The molecule has 0 saturated heterocycles. The third kappa shape index (κ3) is 2.10. The molecule has 0 fully saturated rings. The van der Waals surface area contributed by atoms with Gasteiger partial charge in [0, 0.05) is 32.4 Å². The molecule has 0 N–H and O–H groups in total. The van der Waals surface area contributed by atoms with E-state index in [1.165, 1.54) is 0 Å². The average molecular weight is 489 g/mol. The molecular weight excluding hydrogens is 472 g/mol. The summed E-state index contributed by atoms with van der Waals surface area (Å²) in [6.07, 6.45) is 0. The maximum atomic E-state index is 14.2. The zero-order valence-corrected chi connectivity index (χ0v) is 20.4. The molecule has 0 spiro atoms. The molecule has 0 aliphatic heterocycles. The Morgan fingerprint density at radius 2 is 1.21 bits per heavy atom. The van der Waals surface area contributed by atoms with Gasteiger partial charge < -0.3 is 0 Å². The first-order valence-electron chi connectivity index (χ1n) is 12.2. The maximum Gasteiger partial charge on any atom is 0.263 e. The molecule has 4 aromatic carbocycles. The molecule has 0 aliphatic carbocycles. The van der Waals surface area contributed by atoms with Crippen molar-refractivity contribution in [1.29, 1.82) is 5.26 Å². The molecule has 0 unspecified atom stereocenters. The van der Waals surface area contributed by atoms with Crippen molar-refractivity contribution < 1.29 is 0 Å². The van der Waals surface area contributed by atoms with E-state index in [2.05, 4.69) is 10.9 Å². The quantitative estimate of drug-likeness (QED) is 0.179. The Morgan fingerprint density at radius 3 is 1.79 bits per heavy atom. The fourth-order valence-corrected chi connectivity index (χ4v) is 6.67. The van der Waals surface area contributed by atoms with Crippen LogP contribution < -0.4 is 11.1 Å². The van der Waals surface area contributed by atoms with E-state index in [1.807, 2.05) is 74.5 Å². The summed E-state index contributed by atoms with van der Waals surface area (Å²) in [5.41, 5.74) is 4.45. The van der Waals surface area contributed by atoms with Crippen LogP contribution in [0.25, 0.3) is 70.0 Å². The highest BCUT2D eigenvalue weighted by Crippen LogP contribution is 2.44. The Kier molecular flexibility index (Phi) is 3.62. The smallest absolute Gasteiger partial charge is 0.263 e. The van der Waals surface area contributed by atoms with E-state index in [9.17, 15) is 14.9 Å². The van der Waals surface area contributed by atoms with E-state index >= 15 is 0 Å². The SMILES string of the molecule is [C-]#[N+]c1c2ccccc2n2c(=O)c3c(C)cc4c5c(c(C)cc(c35)c12)c(=O)n1c2ccccc2c(C#N)c41. The first-order chi connectivity index (χ1) is 18.5. The van der Waals surface area contributed by atoms with Crippen molar-refractivity contribution in [2.75, 3.05) is 0 Å². The molecule has 6 nitrogen and oxygen atoms in total. The molecule has 8 rings (SSSR count). The monoisotopic (exact) mass is 488 g/mol. The van der Waals surface area contributed by atoms with Gasteiger partial charge in [0.15, 0.2) is 0 Å². The summed E-state index contributed by atoms with van der Waals surface area (Å²) in [4.78, 5) is 32.2. The number of pyridine rings is 2. The first-order valence-corrected chi connectivity index (χ1v) is 12.2. The highest BCUT2D eigenvalue weighted by Gasteiger charge is 2.27. The van der Waals surface area contributed by atoms with Crippen molar-refractivity contribution in [2.24, 2.45) is 0 Å². The summed E-state index contributed by atoms with van der Waals surface area (Å²) in [7, 11) is 0. The van der Waals surface area contributed by atoms with Crippen molar-refractivity contribution in [3.8, 4) is 6.07 Å². The van der Waals surface area contributed by atoms with Gasteiger partial charge in [-0.05, 0) is 54.6 Å². The zero-order valence-electron chi connectivity index (χ0n) is 20.4. The number of benzene rings is 4. The number of aromatic nitrogens is 2. The lowest BCUT2D eigenvalue weighted by Gasteiger charge is -2.17. The van der Waals surface area contributed by atoms with Gasteiger partial charge in [0.2, 0.25) is 5.69 Å². The van der Waals surface area contributed by atoms with Crippen LogP contribution in [0.2, 0.25) is 0 Å². The van der Waals surface area contributed by atoms with E-state index in [1.54, 1.807) is 8.80 Å². The molecule has 0 amide bonds. The molecule has 0 saturated carbocycles. The minimum Gasteiger partial charge on any atom is -0.287 e. The second-order valence-corrected chi connectivity index (χ2v) is 9.94. The summed E-state index contributed by atoms with van der Waals surface area (Å²) in [6.45, 7) is 11.8. The topological polar surface area (TPSA) is 71.1 Å². The number of nitrogens with zero attached hydrogens (tertiary/aromatic N) is 4. The summed E-state index contributed by atoms with van der Waals surface area (Å²) in [5.74, 6) is 0. The zero-order chi connectivity index (χ0) is 26.0. The molecule has 38 heavy (non-hydrogen) atoms. The minimum atomic E-state index is -0.215. The second-order valence-electron chi connectivity index (χ2n) is 9.94. The van der Waals surface area contributed by atoms with E-state index < -0.39 is 0 Å². The predicted octanol–water partition coefficient (Wildman–Crippen LogP) is 6.59. The molecule has 0 radical (unpaired) electrons. The largest absolute Gasteiger partial charge is 0.287 e. The molecule has 0 bridgehead atoms. The fourth-order valence-electron chi connectivity index (χ4n) is 6.67. The van der Waals surface area contributed by atoms with E-state index in [0.717, 1.165) is 32.7 Å². The van der Waals surface area contributed by atoms with Gasteiger partial charge in [-0.2, -0.15) is 5.26 Å². The van der Waals surface area contributed by atoms with E-state index in [-0.39, 0.29) is 11.1 Å². The third-order valence-corrected chi connectivity index (χ3v) is 8.09. The molecule has 4 aromatic heterocycles. The molecular formula is C32H16N4O2. The van der Waals surface area contributed by atoms with Crippen LogP contribution in [0.4, 0.5) is 5.69 Å². The van der Waals surface area contributed by atoms with Crippen LogP contribution >= 0.6 is 0 Å². The second kappa shape index (κ2) is 6.64. The number of nitriles is 1. The van der Waals surface area contributed by atoms with Crippen LogP contribution in [0, 0.1) is 31.8 Å². The Labute approximate surface area is 214 Å². The maximum absolute atomic E-state index is 14.2. The number of aryl methyl sites for hydroxylation is 2. The molecule has 0 aliphatic rings. The van der Waals surface area contributed by atoms with Gasteiger partial charge in [-0.3, -0.25) is 18.4 Å². The molecule has 0 atom stereocenters. The number of rotatable bonds is 0. The Bertz CT molecular complexity index is 2410. The van der Waals surface area contributed by atoms with Crippen molar-refractivity contribution >= 4 is 70.8 Å². The van der Waals surface area contributed by atoms with Gasteiger partial charge >= 0.3 is 0 Å². The lowest BCUT2D eigenvalue weighted by Crippen LogP contribution is -2.18. The number of para-hydroxylation sites is 2. The molecule has 6 heteroatoms. The van der Waals surface area contributed by atoms with Gasteiger partial charge in [0.25, 0.3) is 11.1 Å². The number of hydrogen-bond acceptors (Lipinski definition) is 3. The van der Waals surface area contributed by atoms with Crippen molar-refractivity contribution in [2.45, 2.75) is 13.8 Å². The van der Waals surface area contributed by atoms with Crippen molar-refractivity contribution in [3.63, 3.8) is 0 Å². The lowest BCUT2D eigenvalue weighted by molar-refractivity contribution is 1.19. The van der Waals surface area contributed by atoms with Crippen molar-refractivity contribution in [3.05, 3.63) is 109 Å². The highest BCUT2D eigenvalue weighted by molar-refractivity contribution is 6.32. The summed E-state index contributed by atoms with van der Waals surface area (Å²) < 4.78 is 3.29. The van der Waals surface area contributed by atoms with Gasteiger partial charge in [0.05, 0.1) is 39.5 Å². The van der Waals surface area contributed by atoms with Crippen LogP contribution in [-0.2, 0) is 0 Å². The molecule has 176 valence electrons. The first kappa shape index (κ1) is 20.7. The number of fused-ring (bicyclic) bond motifs is 8. The third-order valence-electron chi connectivity index (χ3n) is 8.09. The van der Waals surface area contributed by atoms with E-state index in [0.29, 0.717) is 54.9 Å². The van der Waals surface area contributed by atoms with Gasteiger partial charge in [0.1, 0.15) is 6.07 Å². The van der Waals surface area contributed by atoms with Gasteiger partial charge in [-0.15, -0.1) is 0 Å². The molecule has 8 aromatic rings. The summed E-state index contributed by atoms with van der Waals surface area (Å²) in [6, 6.07) is 21.1. The predicted molar refractivity (Wildman–Crippen MR) is 151 cm³/mol. The summed E-state index contributed by atoms with van der Waals surface area (Å²) in [5, 5.41) is 15.6. The van der Waals surface area contributed by atoms with E-state index in [4.69, 9.17) is 6.57 Å². The van der Waals surface area contributed by atoms with Crippen LogP contribution in [0.3, 0.4) is 0 Å². The van der Waals surface area contributed by atoms with Crippen molar-refractivity contribution in [1.82, 2.24) is 8.80 Å². The van der Waals surface area contributed by atoms with Crippen LogP contribution in [0.15, 0.2) is 70.3 Å². The Balaban J connectivity index is 1.82. The Hall–Kier alpha value is -5.46. The molecule has 4 heterocycles. The van der Waals surface area contributed by atoms with Crippen LogP contribution in [0.5, 0.6) is 0 Å². The van der Waals surface area contributed by atoms with Crippen LogP contribution in [0.1, 0.15) is 16.7 Å². The van der Waals surface area contributed by atoms with Crippen LogP contribution in [-0.4, -0.2) is 8.80 Å². The fraction of sp³-hybridized carbons (Fsp3) is 0.0625. The number of hydrogen-bond donors (Lipinski definition) is 0. The summed E-state index contributed by atoms with van der Waals surface area (Å²) >= 11 is 0. The lowest BCUT2D eigenvalue weighted by atomic mass is 9.90. The highest BCUT2D eigenvalue weighted by atomic mass is 16.1. The average Bonchev–Trinajstić information content (AvgIpc) is 3.44.